The smallest absolute Gasteiger partial charge is 0.273 e. The first-order valence-corrected chi connectivity index (χ1v) is 7.76. The van der Waals surface area contributed by atoms with Crippen molar-refractivity contribution in [2.75, 3.05) is 0 Å². The molecule has 0 aromatic heterocycles. The van der Waals surface area contributed by atoms with Crippen LogP contribution in [0.1, 0.15) is 16.7 Å². The van der Waals surface area contributed by atoms with Crippen molar-refractivity contribution in [2.24, 2.45) is 0 Å². The van der Waals surface area contributed by atoms with Crippen LogP contribution in [0, 0.1) is 13.8 Å². The number of carbonyl (C=O) groups is 1. The van der Waals surface area contributed by atoms with Gasteiger partial charge < -0.3 is 0 Å². The predicted molar refractivity (Wildman–Crippen MR) is 82.9 cm³/mol. The molecule has 0 saturated carbocycles. The molecule has 19 heavy (non-hydrogen) atoms. The summed E-state index contributed by atoms with van der Waals surface area (Å²) in [6, 6.07) is 5.96. The third-order valence-electron chi connectivity index (χ3n) is 2.98. The number of benzene rings is 1. The van der Waals surface area contributed by atoms with Crippen LogP contribution in [0.2, 0.25) is 0 Å². The quantitative estimate of drug-likeness (QED) is 0.568. The molecule has 1 aliphatic rings. The van der Waals surface area contributed by atoms with E-state index < -0.39 is 13.9 Å². The highest BCUT2D eigenvalue weighted by Gasteiger charge is 2.63. The second-order valence-corrected chi connectivity index (χ2v) is 8.78. The summed E-state index contributed by atoms with van der Waals surface area (Å²) in [4.78, 5) is 12.1. The minimum atomic E-state index is -1.83. The average Bonchev–Trinajstić information content (AvgIpc) is 2.45. The van der Waals surface area contributed by atoms with Crippen LogP contribution < -0.4 is 0 Å². The highest BCUT2D eigenvalue weighted by molar-refractivity contribution is 8.02. The van der Waals surface area contributed by atoms with E-state index in [2.05, 4.69) is 0 Å². The van der Waals surface area contributed by atoms with Gasteiger partial charge in [-0.25, -0.2) is 0 Å². The SMILES string of the molecule is Cc1ccc(CN2SC(Cl)(Cl)C(Cl)(Cl)C2=O)cc1C. The van der Waals surface area contributed by atoms with Crippen LogP contribution >= 0.6 is 58.4 Å². The molecule has 104 valence electrons. The monoisotopic (exact) mass is 357 g/mol. The molecule has 0 unspecified atom stereocenters. The average molecular weight is 359 g/mol. The Balaban J connectivity index is 2.21. The Morgan fingerprint density at radius 1 is 1.16 bits per heavy atom. The molecule has 1 aromatic carbocycles. The van der Waals surface area contributed by atoms with Gasteiger partial charge in [0.2, 0.25) is 8.00 Å². The highest BCUT2D eigenvalue weighted by Crippen LogP contribution is 2.58. The summed E-state index contributed by atoms with van der Waals surface area (Å²) in [6.45, 7) is 4.39. The number of alkyl halides is 4. The summed E-state index contributed by atoms with van der Waals surface area (Å²) in [6.07, 6.45) is 0. The van der Waals surface area contributed by atoms with Gasteiger partial charge in [-0.05, 0) is 42.5 Å². The van der Waals surface area contributed by atoms with E-state index in [0.29, 0.717) is 6.54 Å². The van der Waals surface area contributed by atoms with Gasteiger partial charge in [0.25, 0.3) is 5.91 Å². The van der Waals surface area contributed by atoms with E-state index >= 15 is 0 Å². The Morgan fingerprint density at radius 3 is 2.26 bits per heavy atom. The maximum Gasteiger partial charge on any atom is 0.273 e. The van der Waals surface area contributed by atoms with Gasteiger partial charge in [-0.3, -0.25) is 9.10 Å². The lowest BCUT2D eigenvalue weighted by Crippen LogP contribution is -2.37. The molecule has 0 aliphatic carbocycles. The summed E-state index contributed by atoms with van der Waals surface area (Å²) in [5, 5.41) is 0. The lowest BCUT2D eigenvalue weighted by molar-refractivity contribution is -0.126. The van der Waals surface area contributed by atoms with Crippen molar-refractivity contribution < 1.29 is 4.79 Å². The van der Waals surface area contributed by atoms with Crippen LogP contribution in [0.3, 0.4) is 0 Å². The molecule has 1 aliphatic heterocycles. The minimum Gasteiger partial charge on any atom is -0.277 e. The number of hydrogen-bond donors (Lipinski definition) is 0. The zero-order chi connectivity index (χ0) is 14.4. The molecule has 1 aromatic rings. The Morgan fingerprint density at radius 2 is 1.79 bits per heavy atom. The summed E-state index contributed by atoms with van der Waals surface area (Å²) in [5.74, 6) is -0.496. The summed E-state index contributed by atoms with van der Waals surface area (Å²) < 4.78 is -2.02. The fourth-order valence-corrected chi connectivity index (χ4v) is 3.78. The Hall–Kier alpha value is 0.200. The Bertz CT molecular complexity index is 532. The van der Waals surface area contributed by atoms with Crippen LogP contribution in [0.4, 0.5) is 0 Å². The van der Waals surface area contributed by atoms with Gasteiger partial charge >= 0.3 is 0 Å². The van der Waals surface area contributed by atoms with E-state index in [9.17, 15) is 4.79 Å². The van der Waals surface area contributed by atoms with Gasteiger partial charge in [-0.2, -0.15) is 0 Å². The van der Waals surface area contributed by atoms with E-state index in [0.717, 1.165) is 23.1 Å². The third-order valence-corrected chi connectivity index (χ3v) is 6.52. The molecule has 1 fully saturated rings. The molecule has 0 N–H and O–H groups in total. The van der Waals surface area contributed by atoms with Crippen molar-refractivity contribution in [1.82, 2.24) is 4.31 Å². The van der Waals surface area contributed by atoms with E-state index in [1.165, 1.54) is 9.87 Å². The molecule has 0 bridgehead atoms. The predicted octanol–water partition coefficient (Wildman–Crippen LogP) is 4.60. The van der Waals surface area contributed by atoms with Gasteiger partial charge in [-0.1, -0.05) is 64.6 Å². The summed E-state index contributed by atoms with van der Waals surface area (Å²) >= 11 is 24.7. The Kier molecular flexibility index (Phi) is 4.26. The zero-order valence-corrected chi connectivity index (χ0v) is 14.1. The van der Waals surface area contributed by atoms with Crippen LogP contribution in [-0.4, -0.2) is 18.2 Å². The van der Waals surface area contributed by atoms with Gasteiger partial charge in [-0.15, -0.1) is 0 Å². The largest absolute Gasteiger partial charge is 0.277 e. The third kappa shape index (κ3) is 2.81. The second-order valence-electron chi connectivity index (χ2n) is 4.44. The van der Waals surface area contributed by atoms with Crippen molar-refractivity contribution in [3.8, 4) is 0 Å². The number of nitrogens with zero attached hydrogens (tertiary/aromatic N) is 1. The second kappa shape index (κ2) is 5.19. The van der Waals surface area contributed by atoms with Crippen LogP contribution in [0.5, 0.6) is 0 Å². The molecule has 0 spiro atoms. The molecule has 1 amide bonds. The normalized spacial score (nSPS) is 20.9. The fraction of sp³-hybridized carbons (Fsp3) is 0.417. The topological polar surface area (TPSA) is 20.3 Å². The van der Waals surface area contributed by atoms with Crippen molar-refractivity contribution in [1.29, 1.82) is 0 Å². The van der Waals surface area contributed by atoms with Gasteiger partial charge in [0.15, 0.2) is 0 Å². The zero-order valence-electron chi connectivity index (χ0n) is 10.2. The van der Waals surface area contributed by atoms with Gasteiger partial charge in [0.05, 0.1) is 6.54 Å². The minimum absolute atomic E-state index is 0.354. The molecule has 1 saturated heterocycles. The fourth-order valence-electron chi connectivity index (χ4n) is 1.69. The standard InChI is InChI=1S/C12H11Cl4NOS/c1-7-3-4-9(5-8(7)2)6-17-10(18)11(13,14)12(15,16)19-17/h3-5H,6H2,1-2H3. The van der Waals surface area contributed by atoms with Gasteiger partial charge in [0.1, 0.15) is 0 Å². The maximum absolute atomic E-state index is 12.1. The van der Waals surface area contributed by atoms with E-state index in [-0.39, 0.29) is 0 Å². The number of amides is 1. The molecular formula is C12H11Cl4NOS. The molecule has 2 rings (SSSR count). The lowest BCUT2D eigenvalue weighted by Gasteiger charge is -2.18. The molecule has 1 heterocycles. The molecule has 7 heteroatoms. The van der Waals surface area contributed by atoms with E-state index in [1.807, 2.05) is 32.0 Å². The van der Waals surface area contributed by atoms with Crippen molar-refractivity contribution in [2.45, 2.75) is 28.4 Å². The number of halogens is 4. The number of hydrogen-bond acceptors (Lipinski definition) is 2. The molecule has 0 radical (unpaired) electrons. The van der Waals surface area contributed by atoms with Crippen molar-refractivity contribution in [3.63, 3.8) is 0 Å². The molecular weight excluding hydrogens is 348 g/mol. The summed E-state index contributed by atoms with van der Waals surface area (Å²) in [5.41, 5.74) is 3.32. The first-order valence-electron chi connectivity index (χ1n) is 5.48. The maximum atomic E-state index is 12.1. The molecule has 0 atom stereocenters. The number of carbonyl (C=O) groups excluding carboxylic acids is 1. The van der Waals surface area contributed by atoms with E-state index in [4.69, 9.17) is 46.4 Å². The van der Waals surface area contributed by atoms with Crippen LogP contribution in [-0.2, 0) is 11.3 Å². The van der Waals surface area contributed by atoms with Gasteiger partial charge in [0, 0.05) is 0 Å². The van der Waals surface area contributed by atoms with Crippen molar-refractivity contribution in [3.05, 3.63) is 34.9 Å². The van der Waals surface area contributed by atoms with Crippen LogP contribution in [0.25, 0.3) is 0 Å². The highest BCUT2D eigenvalue weighted by atomic mass is 35.5. The van der Waals surface area contributed by atoms with Crippen LogP contribution in [0.15, 0.2) is 18.2 Å². The number of aryl methyl sites for hydroxylation is 2. The Labute approximate surface area is 136 Å². The van der Waals surface area contributed by atoms with Crippen molar-refractivity contribution >= 4 is 64.3 Å². The first-order chi connectivity index (χ1) is 8.65. The first kappa shape index (κ1) is 15.6. The number of rotatable bonds is 2. The summed E-state index contributed by atoms with van der Waals surface area (Å²) in [7, 11) is 0. The van der Waals surface area contributed by atoms with E-state index in [1.54, 1.807) is 0 Å². The molecule has 2 nitrogen and oxygen atoms in total. The lowest BCUT2D eigenvalue weighted by atomic mass is 10.1.